The third-order valence-electron chi connectivity index (χ3n) is 3.63. The van der Waals surface area contributed by atoms with Crippen LogP contribution in [0.5, 0.6) is 0 Å². The molecule has 0 unspecified atom stereocenters. The Hall–Kier alpha value is -1.42. The third-order valence-corrected chi connectivity index (χ3v) is 4.84. The number of aromatic amines is 1. The number of H-pyrrole nitrogens is 1. The largest absolute Gasteiger partial charge is 0.358 e. The summed E-state index contributed by atoms with van der Waals surface area (Å²) in [6.07, 6.45) is 2.31. The summed E-state index contributed by atoms with van der Waals surface area (Å²) in [5.41, 5.74) is 2.30. The maximum Gasteiger partial charge on any atom is 0.232 e. The van der Waals surface area contributed by atoms with Crippen LogP contribution in [0.4, 0.5) is 0 Å². The zero-order chi connectivity index (χ0) is 13.2. The van der Waals surface area contributed by atoms with E-state index in [1.807, 2.05) is 17.0 Å². The number of hydrogen-bond acceptors (Lipinski definition) is 2. The molecule has 1 saturated heterocycles. The first-order valence-electron chi connectivity index (χ1n) is 6.73. The van der Waals surface area contributed by atoms with Gasteiger partial charge in [-0.1, -0.05) is 18.2 Å². The lowest BCUT2D eigenvalue weighted by molar-refractivity contribution is -0.127. The highest BCUT2D eigenvalue weighted by Crippen LogP contribution is 2.31. The average molecular weight is 274 g/mol. The molecule has 0 radical (unpaired) electrons. The molecular weight excluding hydrogens is 256 g/mol. The Balaban J connectivity index is 1.74. The second kappa shape index (κ2) is 5.29. The molecular formula is C15H18N2OS. The lowest BCUT2D eigenvalue weighted by Gasteiger charge is -2.14. The van der Waals surface area contributed by atoms with E-state index in [1.165, 1.54) is 10.3 Å². The predicted molar refractivity (Wildman–Crippen MR) is 79.6 cm³/mol. The quantitative estimate of drug-likeness (QED) is 0.873. The highest BCUT2D eigenvalue weighted by Gasteiger charge is 2.18. The number of benzene rings is 1. The number of likely N-dealkylation sites (tertiary alicyclic amines) is 1. The van der Waals surface area contributed by atoms with Crippen LogP contribution in [-0.2, 0) is 4.79 Å². The third kappa shape index (κ3) is 2.50. The van der Waals surface area contributed by atoms with Crippen LogP contribution in [-0.4, -0.2) is 34.6 Å². The number of nitrogens with one attached hydrogen (secondary N) is 1. The number of nitrogens with zero attached hydrogens (tertiary/aromatic N) is 1. The number of fused-ring (bicyclic) bond motifs is 1. The molecule has 1 fully saturated rings. The monoisotopic (exact) mass is 274 g/mol. The molecule has 2 heterocycles. The Labute approximate surface area is 117 Å². The van der Waals surface area contributed by atoms with Crippen molar-refractivity contribution in [1.29, 1.82) is 0 Å². The molecule has 1 amide bonds. The molecule has 0 aliphatic carbocycles. The van der Waals surface area contributed by atoms with Gasteiger partial charge in [-0.15, -0.1) is 11.8 Å². The van der Waals surface area contributed by atoms with Crippen molar-refractivity contribution >= 4 is 28.6 Å². The van der Waals surface area contributed by atoms with Gasteiger partial charge in [-0.25, -0.2) is 0 Å². The van der Waals surface area contributed by atoms with Crippen LogP contribution in [0.15, 0.2) is 29.2 Å². The van der Waals surface area contributed by atoms with E-state index >= 15 is 0 Å². The van der Waals surface area contributed by atoms with Gasteiger partial charge < -0.3 is 9.88 Å². The Morgan fingerprint density at radius 2 is 2.05 bits per heavy atom. The summed E-state index contributed by atoms with van der Waals surface area (Å²) >= 11 is 1.66. The molecule has 3 nitrogen and oxygen atoms in total. The second-order valence-corrected chi connectivity index (χ2v) is 5.99. The summed E-state index contributed by atoms with van der Waals surface area (Å²) in [4.78, 5) is 18.7. The molecule has 1 aromatic heterocycles. The smallest absolute Gasteiger partial charge is 0.232 e. The van der Waals surface area contributed by atoms with Gasteiger partial charge in [0.1, 0.15) is 0 Å². The highest BCUT2D eigenvalue weighted by molar-refractivity contribution is 8.00. The van der Waals surface area contributed by atoms with Gasteiger partial charge in [-0.05, 0) is 25.8 Å². The predicted octanol–water partition coefficient (Wildman–Crippen LogP) is 3.19. The molecule has 0 bridgehead atoms. The Morgan fingerprint density at radius 1 is 1.32 bits per heavy atom. The Kier molecular flexibility index (Phi) is 3.51. The number of aryl methyl sites for hydroxylation is 1. The number of thioether (sulfide) groups is 1. The maximum atomic E-state index is 12.1. The first-order valence-corrected chi connectivity index (χ1v) is 7.72. The van der Waals surface area contributed by atoms with Gasteiger partial charge in [0.25, 0.3) is 0 Å². The minimum absolute atomic E-state index is 0.271. The number of hydrogen-bond donors (Lipinski definition) is 1. The summed E-state index contributed by atoms with van der Waals surface area (Å²) in [7, 11) is 0. The molecule has 1 aliphatic rings. The molecule has 2 aromatic rings. The van der Waals surface area contributed by atoms with Crippen molar-refractivity contribution in [3.8, 4) is 0 Å². The van der Waals surface area contributed by atoms with E-state index in [2.05, 4.69) is 24.0 Å². The summed E-state index contributed by atoms with van der Waals surface area (Å²) in [6.45, 7) is 3.95. The average Bonchev–Trinajstić information content (AvgIpc) is 3.03. The number of para-hydroxylation sites is 1. The molecule has 0 saturated carbocycles. The van der Waals surface area contributed by atoms with Crippen molar-refractivity contribution in [1.82, 2.24) is 9.88 Å². The lowest BCUT2D eigenvalue weighted by Crippen LogP contribution is -2.29. The summed E-state index contributed by atoms with van der Waals surface area (Å²) in [5, 5.41) is 1.22. The number of carbonyl (C=O) groups is 1. The van der Waals surface area contributed by atoms with E-state index in [-0.39, 0.29) is 5.91 Å². The number of amides is 1. The van der Waals surface area contributed by atoms with Gasteiger partial charge in [-0.3, -0.25) is 4.79 Å². The van der Waals surface area contributed by atoms with Crippen molar-refractivity contribution in [2.24, 2.45) is 0 Å². The maximum absolute atomic E-state index is 12.1. The number of rotatable bonds is 3. The zero-order valence-electron chi connectivity index (χ0n) is 11.1. The van der Waals surface area contributed by atoms with Gasteiger partial charge in [0.2, 0.25) is 5.91 Å². The van der Waals surface area contributed by atoms with Crippen LogP contribution in [0.3, 0.4) is 0 Å². The van der Waals surface area contributed by atoms with E-state index in [0.717, 1.165) is 37.1 Å². The van der Waals surface area contributed by atoms with Gasteiger partial charge >= 0.3 is 0 Å². The van der Waals surface area contributed by atoms with Gasteiger partial charge in [-0.2, -0.15) is 0 Å². The molecule has 1 N–H and O–H groups in total. The first-order chi connectivity index (χ1) is 9.25. The molecule has 4 heteroatoms. The lowest BCUT2D eigenvalue weighted by atomic mass is 10.2. The normalized spacial score (nSPS) is 15.3. The standard InChI is InChI=1S/C15H18N2OS/c1-11-15(12-6-2-3-7-13(12)16-11)19-10-14(18)17-8-4-5-9-17/h2-3,6-7,16H,4-5,8-10H2,1H3. The van der Waals surface area contributed by atoms with Crippen molar-refractivity contribution in [2.45, 2.75) is 24.7 Å². The highest BCUT2D eigenvalue weighted by atomic mass is 32.2. The molecule has 100 valence electrons. The van der Waals surface area contributed by atoms with E-state index in [1.54, 1.807) is 11.8 Å². The van der Waals surface area contributed by atoms with E-state index in [0.29, 0.717) is 5.75 Å². The van der Waals surface area contributed by atoms with Gasteiger partial charge in [0, 0.05) is 34.6 Å². The van der Waals surface area contributed by atoms with Crippen LogP contribution in [0, 0.1) is 6.92 Å². The Bertz CT molecular complexity index is 599. The van der Waals surface area contributed by atoms with Crippen molar-refractivity contribution in [3.05, 3.63) is 30.0 Å². The SMILES string of the molecule is Cc1[nH]c2ccccc2c1SCC(=O)N1CCCC1. The minimum Gasteiger partial charge on any atom is -0.358 e. The van der Waals surface area contributed by atoms with E-state index in [4.69, 9.17) is 0 Å². The minimum atomic E-state index is 0.271. The summed E-state index contributed by atoms with van der Waals surface area (Å²) < 4.78 is 0. The van der Waals surface area contributed by atoms with Gasteiger partial charge in [0.05, 0.1) is 5.75 Å². The molecule has 19 heavy (non-hydrogen) atoms. The first kappa shape index (κ1) is 12.6. The van der Waals surface area contributed by atoms with Crippen molar-refractivity contribution in [3.63, 3.8) is 0 Å². The summed E-state index contributed by atoms with van der Waals surface area (Å²) in [6, 6.07) is 8.26. The fourth-order valence-electron chi connectivity index (χ4n) is 2.63. The number of aromatic nitrogens is 1. The fraction of sp³-hybridized carbons (Fsp3) is 0.400. The van der Waals surface area contributed by atoms with E-state index < -0.39 is 0 Å². The topological polar surface area (TPSA) is 36.1 Å². The molecule has 1 aliphatic heterocycles. The second-order valence-electron chi connectivity index (χ2n) is 5.00. The van der Waals surface area contributed by atoms with Crippen LogP contribution in [0.1, 0.15) is 18.5 Å². The van der Waals surface area contributed by atoms with Crippen LogP contribution in [0.2, 0.25) is 0 Å². The van der Waals surface area contributed by atoms with Crippen LogP contribution < -0.4 is 0 Å². The van der Waals surface area contributed by atoms with Crippen LogP contribution >= 0.6 is 11.8 Å². The van der Waals surface area contributed by atoms with Gasteiger partial charge in [0.15, 0.2) is 0 Å². The van der Waals surface area contributed by atoms with Crippen LogP contribution in [0.25, 0.3) is 10.9 Å². The van der Waals surface area contributed by atoms with Crippen molar-refractivity contribution in [2.75, 3.05) is 18.8 Å². The van der Waals surface area contributed by atoms with E-state index in [9.17, 15) is 4.79 Å². The fourth-order valence-corrected chi connectivity index (χ4v) is 3.68. The number of carbonyl (C=O) groups excluding carboxylic acids is 1. The zero-order valence-corrected chi connectivity index (χ0v) is 11.9. The molecule has 0 spiro atoms. The molecule has 3 rings (SSSR count). The Morgan fingerprint density at radius 3 is 2.84 bits per heavy atom. The molecule has 0 atom stereocenters. The van der Waals surface area contributed by atoms with Crippen molar-refractivity contribution < 1.29 is 4.79 Å². The summed E-state index contributed by atoms with van der Waals surface area (Å²) in [5.74, 6) is 0.815. The molecule has 1 aromatic carbocycles.